The first kappa shape index (κ1) is 10.7. The summed E-state index contributed by atoms with van der Waals surface area (Å²) in [6, 6.07) is 13.7. The summed E-state index contributed by atoms with van der Waals surface area (Å²) < 4.78 is 1.79. The van der Waals surface area contributed by atoms with Gasteiger partial charge in [0.05, 0.1) is 11.2 Å². The van der Waals surface area contributed by atoms with E-state index in [1.54, 1.807) is 16.8 Å². The number of hydrogen-bond acceptors (Lipinski definition) is 2. The van der Waals surface area contributed by atoms with Gasteiger partial charge in [-0.15, -0.1) is 0 Å². The molecule has 0 saturated heterocycles. The Labute approximate surface area is 105 Å². The highest BCUT2D eigenvalue weighted by Gasteiger charge is 2.06. The molecule has 0 saturated carbocycles. The second kappa shape index (κ2) is 4.11. The van der Waals surface area contributed by atoms with Gasteiger partial charge in [0.15, 0.2) is 0 Å². The summed E-state index contributed by atoms with van der Waals surface area (Å²) >= 11 is 0. The topological polar surface area (TPSA) is 34.4 Å². The minimum atomic E-state index is 0.665. The molecule has 0 fully saturated rings. The molecule has 0 radical (unpaired) electrons. The van der Waals surface area contributed by atoms with Gasteiger partial charge in [-0.1, -0.05) is 24.3 Å². The van der Waals surface area contributed by atoms with Crippen LogP contribution in [0.5, 0.6) is 0 Å². The molecule has 1 aromatic carbocycles. The maximum Gasteiger partial charge on any atom is 0.150 e. The van der Waals surface area contributed by atoms with Gasteiger partial charge in [-0.25, -0.2) is 4.52 Å². The molecule has 0 aliphatic heterocycles. The fourth-order valence-electron chi connectivity index (χ4n) is 2.08. The molecule has 0 atom stereocenters. The van der Waals surface area contributed by atoms with Gasteiger partial charge in [0, 0.05) is 17.3 Å². The molecular weight excluding hydrogens is 224 g/mol. The Morgan fingerprint density at radius 1 is 1.17 bits per heavy atom. The predicted molar refractivity (Wildman–Crippen MR) is 70.8 cm³/mol. The van der Waals surface area contributed by atoms with Crippen LogP contribution in [0.1, 0.15) is 15.9 Å². The van der Waals surface area contributed by atoms with Crippen LogP contribution in [-0.4, -0.2) is 15.9 Å². The number of aldehydes is 1. The average Bonchev–Trinajstić information content (AvgIpc) is 2.81. The van der Waals surface area contributed by atoms with Gasteiger partial charge in [-0.2, -0.15) is 5.10 Å². The summed E-state index contributed by atoms with van der Waals surface area (Å²) in [5, 5.41) is 4.52. The first-order chi connectivity index (χ1) is 8.78. The van der Waals surface area contributed by atoms with Crippen molar-refractivity contribution in [2.24, 2.45) is 0 Å². The molecule has 2 aromatic heterocycles. The van der Waals surface area contributed by atoms with Gasteiger partial charge >= 0.3 is 0 Å². The van der Waals surface area contributed by atoms with Crippen LogP contribution in [0.4, 0.5) is 0 Å². The Hall–Kier alpha value is -2.42. The Balaban J connectivity index is 2.19. The van der Waals surface area contributed by atoms with E-state index < -0.39 is 0 Å². The minimum absolute atomic E-state index is 0.665. The largest absolute Gasteiger partial charge is 0.298 e. The van der Waals surface area contributed by atoms with Crippen LogP contribution in [-0.2, 0) is 0 Å². The van der Waals surface area contributed by atoms with E-state index in [1.807, 2.05) is 24.3 Å². The molecule has 3 heteroatoms. The highest BCUT2D eigenvalue weighted by molar-refractivity contribution is 5.78. The van der Waals surface area contributed by atoms with Crippen molar-refractivity contribution in [3.05, 3.63) is 59.8 Å². The number of pyridine rings is 1. The minimum Gasteiger partial charge on any atom is -0.298 e. The molecule has 3 nitrogen and oxygen atoms in total. The van der Waals surface area contributed by atoms with E-state index in [1.165, 1.54) is 5.56 Å². The molecule has 0 amide bonds. The van der Waals surface area contributed by atoms with E-state index in [0.717, 1.165) is 23.1 Å². The summed E-state index contributed by atoms with van der Waals surface area (Å²) in [6.07, 6.45) is 2.65. The van der Waals surface area contributed by atoms with Crippen LogP contribution in [0.3, 0.4) is 0 Å². The second-order valence-electron chi connectivity index (χ2n) is 4.29. The van der Waals surface area contributed by atoms with Crippen molar-refractivity contribution in [3.63, 3.8) is 0 Å². The predicted octanol–water partition coefficient (Wildman–Crippen LogP) is 3.12. The maximum absolute atomic E-state index is 10.8. The van der Waals surface area contributed by atoms with Gasteiger partial charge in [-0.3, -0.25) is 4.79 Å². The van der Waals surface area contributed by atoms with Crippen molar-refractivity contribution < 1.29 is 4.79 Å². The van der Waals surface area contributed by atoms with E-state index in [2.05, 4.69) is 24.2 Å². The summed E-state index contributed by atoms with van der Waals surface area (Å²) in [5.41, 5.74) is 4.83. The molecule has 0 aliphatic rings. The smallest absolute Gasteiger partial charge is 0.150 e. The summed E-state index contributed by atoms with van der Waals surface area (Å²) in [5.74, 6) is 0. The standard InChI is InChI=1S/C15H12N2O/c1-11-4-2-3-5-14(11)15-9-13-8-12(10-18)6-7-17(13)16-15/h2-10H,1H3. The lowest BCUT2D eigenvalue weighted by atomic mass is 10.1. The van der Waals surface area contributed by atoms with Crippen molar-refractivity contribution in [1.29, 1.82) is 0 Å². The highest BCUT2D eigenvalue weighted by atomic mass is 16.1. The second-order valence-corrected chi connectivity index (χ2v) is 4.29. The number of hydrogen-bond donors (Lipinski definition) is 0. The summed E-state index contributed by atoms with van der Waals surface area (Å²) in [7, 11) is 0. The molecule has 18 heavy (non-hydrogen) atoms. The molecule has 3 aromatic rings. The Morgan fingerprint density at radius 2 is 2.00 bits per heavy atom. The van der Waals surface area contributed by atoms with E-state index in [0.29, 0.717) is 5.56 Å². The number of aromatic nitrogens is 2. The Bertz CT molecular complexity index is 728. The molecule has 3 rings (SSSR count). The lowest BCUT2D eigenvalue weighted by Crippen LogP contribution is -1.89. The SMILES string of the molecule is Cc1ccccc1-c1cc2cc(C=O)ccn2n1. The average molecular weight is 236 g/mol. The first-order valence-corrected chi connectivity index (χ1v) is 5.78. The number of fused-ring (bicyclic) bond motifs is 1. The Morgan fingerprint density at radius 3 is 2.78 bits per heavy atom. The van der Waals surface area contributed by atoms with Crippen molar-refractivity contribution in [1.82, 2.24) is 9.61 Å². The van der Waals surface area contributed by atoms with Crippen molar-refractivity contribution in [2.45, 2.75) is 6.92 Å². The van der Waals surface area contributed by atoms with Crippen LogP contribution < -0.4 is 0 Å². The summed E-state index contributed by atoms with van der Waals surface area (Å²) in [4.78, 5) is 10.8. The number of carbonyl (C=O) groups is 1. The van der Waals surface area contributed by atoms with Gasteiger partial charge in [-0.05, 0) is 30.7 Å². The number of carbonyl (C=O) groups excluding carboxylic acids is 1. The number of benzene rings is 1. The molecule has 0 bridgehead atoms. The van der Waals surface area contributed by atoms with Crippen LogP contribution in [0.2, 0.25) is 0 Å². The monoisotopic (exact) mass is 236 g/mol. The fourth-order valence-corrected chi connectivity index (χ4v) is 2.08. The normalized spacial score (nSPS) is 10.7. The zero-order valence-electron chi connectivity index (χ0n) is 10.00. The number of nitrogens with zero attached hydrogens (tertiary/aromatic N) is 2. The van der Waals surface area contributed by atoms with Crippen LogP contribution in [0.25, 0.3) is 16.8 Å². The third kappa shape index (κ3) is 1.70. The van der Waals surface area contributed by atoms with Crippen molar-refractivity contribution in [2.75, 3.05) is 0 Å². The van der Waals surface area contributed by atoms with Crippen molar-refractivity contribution in [3.8, 4) is 11.3 Å². The quantitative estimate of drug-likeness (QED) is 0.641. The van der Waals surface area contributed by atoms with E-state index in [9.17, 15) is 4.79 Å². The van der Waals surface area contributed by atoms with E-state index in [4.69, 9.17) is 0 Å². The van der Waals surface area contributed by atoms with E-state index >= 15 is 0 Å². The lowest BCUT2D eigenvalue weighted by molar-refractivity contribution is 0.112. The molecular formula is C15H12N2O. The zero-order valence-corrected chi connectivity index (χ0v) is 10.00. The molecule has 0 unspecified atom stereocenters. The molecule has 88 valence electrons. The molecule has 0 spiro atoms. The first-order valence-electron chi connectivity index (χ1n) is 5.78. The van der Waals surface area contributed by atoms with Gasteiger partial charge in [0.1, 0.15) is 6.29 Å². The number of aryl methyl sites for hydroxylation is 1. The van der Waals surface area contributed by atoms with Gasteiger partial charge in [0.2, 0.25) is 0 Å². The number of rotatable bonds is 2. The molecule has 0 N–H and O–H groups in total. The van der Waals surface area contributed by atoms with Gasteiger partial charge < -0.3 is 0 Å². The molecule has 2 heterocycles. The van der Waals surface area contributed by atoms with Crippen molar-refractivity contribution >= 4 is 11.8 Å². The maximum atomic E-state index is 10.8. The summed E-state index contributed by atoms with van der Waals surface area (Å²) in [6.45, 7) is 2.07. The van der Waals surface area contributed by atoms with Crippen LogP contribution in [0.15, 0.2) is 48.7 Å². The van der Waals surface area contributed by atoms with Crippen LogP contribution in [0, 0.1) is 6.92 Å². The molecule has 0 aliphatic carbocycles. The zero-order chi connectivity index (χ0) is 12.5. The third-order valence-corrected chi connectivity index (χ3v) is 3.04. The van der Waals surface area contributed by atoms with E-state index in [-0.39, 0.29) is 0 Å². The third-order valence-electron chi connectivity index (χ3n) is 3.04. The van der Waals surface area contributed by atoms with Gasteiger partial charge in [0.25, 0.3) is 0 Å². The highest BCUT2D eigenvalue weighted by Crippen LogP contribution is 2.23. The fraction of sp³-hybridized carbons (Fsp3) is 0.0667. The Kier molecular flexibility index (Phi) is 2.45. The lowest BCUT2D eigenvalue weighted by Gasteiger charge is -1.99. The van der Waals surface area contributed by atoms with Crippen LogP contribution >= 0.6 is 0 Å².